The topological polar surface area (TPSA) is 86.8 Å². The number of aliphatic hydroxyl groups is 1. The smallest absolute Gasteiger partial charge is 0.253 e. The Bertz CT molecular complexity index is 1210. The first-order chi connectivity index (χ1) is 16.4. The highest BCUT2D eigenvalue weighted by atomic mass is 32.1. The molecule has 0 bridgehead atoms. The van der Waals surface area contributed by atoms with Crippen molar-refractivity contribution in [1.29, 1.82) is 0 Å². The Labute approximate surface area is 205 Å². The molecule has 1 aromatic heterocycles. The van der Waals surface area contributed by atoms with Crippen LogP contribution >= 0.6 is 12.2 Å². The van der Waals surface area contributed by atoms with Crippen LogP contribution in [0.25, 0.3) is 10.9 Å². The third kappa shape index (κ3) is 6.07. The van der Waals surface area contributed by atoms with Crippen molar-refractivity contribution in [3.8, 4) is 11.5 Å². The first-order valence-electron chi connectivity index (χ1n) is 11.3. The predicted molar refractivity (Wildman–Crippen MR) is 140 cm³/mol. The van der Waals surface area contributed by atoms with Crippen molar-refractivity contribution in [1.82, 2.24) is 15.2 Å². The van der Waals surface area contributed by atoms with Gasteiger partial charge in [-0.05, 0) is 79.2 Å². The molecule has 0 radical (unpaired) electrons. The number of aromatic amines is 1. The van der Waals surface area contributed by atoms with E-state index in [2.05, 4.69) is 16.4 Å². The number of hydrogen-bond acceptors (Lipinski definition) is 5. The Hall–Kier alpha value is -3.10. The molecule has 0 atom stereocenters. The van der Waals surface area contributed by atoms with Crippen molar-refractivity contribution in [3.63, 3.8) is 0 Å². The molecule has 0 amide bonds. The van der Waals surface area contributed by atoms with Crippen LogP contribution in [0, 0.1) is 13.8 Å². The van der Waals surface area contributed by atoms with Crippen molar-refractivity contribution < 1.29 is 14.6 Å². The second-order valence-corrected chi connectivity index (χ2v) is 8.65. The fraction of sp³-hybridized carbons (Fsp3) is 0.385. The largest absolute Gasteiger partial charge is 0.493 e. The minimum absolute atomic E-state index is 0.0529. The zero-order valence-electron chi connectivity index (χ0n) is 20.2. The van der Waals surface area contributed by atoms with Gasteiger partial charge in [-0.15, -0.1) is 0 Å². The first-order valence-corrected chi connectivity index (χ1v) is 11.8. The second kappa shape index (κ2) is 11.9. The molecule has 3 rings (SSSR count). The van der Waals surface area contributed by atoms with Gasteiger partial charge in [-0.3, -0.25) is 4.79 Å². The van der Waals surface area contributed by atoms with E-state index in [0.717, 1.165) is 34.0 Å². The molecule has 0 fully saturated rings. The van der Waals surface area contributed by atoms with E-state index in [1.165, 1.54) is 0 Å². The Morgan fingerprint density at radius 3 is 2.59 bits per heavy atom. The highest BCUT2D eigenvalue weighted by Gasteiger charge is 2.14. The summed E-state index contributed by atoms with van der Waals surface area (Å²) < 4.78 is 10.7. The summed E-state index contributed by atoms with van der Waals surface area (Å²) in [6, 6.07) is 11.8. The number of ether oxygens (including phenoxy) is 2. The number of fused-ring (bicyclic) bond motifs is 1. The summed E-state index contributed by atoms with van der Waals surface area (Å²) in [5.74, 6) is 1.38. The van der Waals surface area contributed by atoms with E-state index in [1.54, 1.807) is 14.2 Å². The fourth-order valence-corrected chi connectivity index (χ4v) is 4.13. The van der Waals surface area contributed by atoms with Crippen LogP contribution in [-0.2, 0) is 13.0 Å². The van der Waals surface area contributed by atoms with Crippen molar-refractivity contribution >= 4 is 28.2 Å². The van der Waals surface area contributed by atoms with E-state index in [1.807, 2.05) is 49.1 Å². The van der Waals surface area contributed by atoms with Crippen LogP contribution in [0.15, 0.2) is 41.2 Å². The highest BCUT2D eigenvalue weighted by molar-refractivity contribution is 7.80. The van der Waals surface area contributed by atoms with Crippen LogP contribution in [0.5, 0.6) is 11.5 Å². The molecule has 182 valence electrons. The summed E-state index contributed by atoms with van der Waals surface area (Å²) in [7, 11) is 3.23. The van der Waals surface area contributed by atoms with Gasteiger partial charge in [0.1, 0.15) is 0 Å². The molecule has 34 heavy (non-hydrogen) atoms. The minimum Gasteiger partial charge on any atom is -0.493 e. The maximum Gasteiger partial charge on any atom is 0.253 e. The number of rotatable bonds is 10. The fourth-order valence-electron chi connectivity index (χ4n) is 3.87. The Balaban J connectivity index is 1.70. The lowest BCUT2D eigenvalue weighted by Crippen LogP contribution is -2.41. The molecule has 0 aliphatic heterocycles. The Morgan fingerprint density at radius 1 is 1.12 bits per heavy atom. The average Bonchev–Trinajstić information content (AvgIpc) is 2.84. The van der Waals surface area contributed by atoms with Gasteiger partial charge in [-0.2, -0.15) is 0 Å². The summed E-state index contributed by atoms with van der Waals surface area (Å²) in [4.78, 5) is 17.8. The monoisotopic (exact) mass is 483 g/mol. The average molecular weight is 484 g/mol. The SMILES string of the molecule is COc1ccc(CCNC(=S)N(CCCO)Cc2cc3ccc(C)c(C)c3[nH]c2=O)cc1OC. The van der Waals surface area contributed by atoms with Crippen molar-refractivity contribution in [2.45, 2.75) is 33.2 Å². The van der Waals surface area contributed by atoms with Crippen LogP contribution in [0.2, 0.25) is 0 Å². The first kappa shape index (κ1) is 25.5. The van der Waals surface area contributed by atoms with E-state index in [0.29, 0.717) is 48.2 Å². The molecular formula is C26H33N3O4S. The van der Waals surface area contributed by atoms with Crippen molar-refractivity contribution in [2.75, 3.05) is 33.9 Å². The zero-order valence-corrected chi connectivity index (χ0v) is 21.1. The number of nitrogens with one attached hydrogen (secondary N) is 2. The molecule has 2 aromatic carbocycles. The normalized spacial score (nSPS) is 10.9. The molecule has 0 aliphatic carbocycles. The minimum atomic E-state index is -0.122. The van der Waals surface area contributed by atoms with Crippen LogP contribution < -0.4 is 20.3 Å². The molecule has 0 saturated heterocycles. The van der Waals surface area contributed by atoms with Crippen LogP contribution in [0.1, 0.15) is 28.7 Å². The van der Waals surface area contributed by atoms with E-state index < -0.39 is 0 Å². The number of thiocarbonyl (C=S) groups is 1. The molecule has 0 saturated carbocycles. The van der Waals surface area contributed by atoms with Crippen LogP contribution in [-0.4, -0.2) is 54.0 Å². The molecule has 3 aromatic rings. The standard InChI is InChI=1S/C26H33N3O4S/c1-17-6-8-20-15-21(25(31)28-24(20)18(17)2)16-29(12-5-13-30)26(34)27-11-10-19-7-9-22(32-3)23(14-19)33-4/h6-9,14-15,30H,5,10-13,16H2,1-4H3,(H,27,34)(H,28,31). The highest BCUT2D eigenvalue weighted by Crippen LogP contribution is 2.27. The van der Waals surface area contributed by atoms with Gasteiger partial charge in [0.05, 0.1) is 26.3 Å². The summed E-state index contributed by atoms with van der Waals surface area (Å²) in [6.45, 7) is 5.62. The summed E-state index contributed by atoms with van der Waals surface area (Å²) >= 11 is 5.64. The molecule has 7 nitrogen and oxygen atoms in total. The second-order valence-electron chi connectivity index (χ2n) is 8.27. The number of pyridine rings is 1. The Kier molecular flexibility index (Phi) is 8.90. The number of hydrogen-bond donors (Lipinski definition) is 3. The van der Waals surface area contributed by atoms with Gasteiger partial charge in [0.2, 0.25) is 0 Å². The van der Waals surface area contributed by atoms with Gasteiger partial charge in [-0.25, -0.2) is 0 Å². The van der Waals surface area contributed by atoms with Gasteiger partial charge in [0.15, 0.2) is 16.6 Å². The molecule has 0 spiro atoms. The van der Waals surface area contributed by atoms with E-state index in [9.17, 15) is 9.90 Å². The molecule has 0 aliphatic rings. The number of methoxy groups -OCH3 is 2. The quantitative estimate of drug-likeness (QED) is 0.381. The molecule has 3 N–H and O–H groups in total. The molecule has 0 unspecified atom stereocenters. The van der Waals surface area contributed by atoms with Crippen molar-refractivity contribution in [2.24, 2.45) is 0 Å². The van der Waals surface area contributed by atoms with E-state index in [4.69, 9.17) is 21.7 Å². The number of aryl methyl sites for hydroxylation is 2. The maximum absolute atomic E-state index is 12.8. The van der Waals surface area contributed by atoms with Gasteiger partial charge in [0, 0.05) is 25.3 Å². The van der Waals surface area contributed by atoms with Crippen molar-refractivity contribution in [3.05, 3.63) is 69.0 Å². The number of H-pyrrole nitrogens is 1. The zero-order chi connectivity index (χ0) is 24.7. The van der Waals surface area contributed by atoms with Crippen LogP contribution in [0.4, 0.5) is 0 Å². The maximum atomic E-state index is 12.8. The molecule has 1 heterocycles. The summed E-state index contributed by atoms with van der Waals surface area (Å²) in [6.07, 6.45) is 1.30. The predicted octanol–water partition coefficient (Wildman–Crippen LogP) is 3.46. The lowest BCUT2D eigenvalue weighted by Gasteiger charge is -2.26. The molecule has 8 heteroatoms. The number of nitrogens with zero attached hydrogens (tertiary/aromatic N) is 1. The van der Waals surface area contributed by atoms with Gasteiger partial charge < -0.3 is 29.8 Å². The molecular weight excluding hydrogens is 450 g/mol. The van der Waals surface area contributed by atoms with Gasteiger partial charge >= 0.3 is 0 Å². The van der Waals surface area contributed by atoms with Gasteiger partial charge in [0.25, 0.3) is 5.56 Å². The third-order valence-electron chi connectivity index (χ3n) is 6.00. The summed E-state index contributed by atoms with van der Waals surface area (Å²) in [5, 5.41) is 14.2. The van der Waals surface area contributed by atoms with E-state index >= 15 is 0 Å². The number of aliphatic hydroxyl groups excluding tert-OH is 1. The third-order valence-corrected chi connectivity index (χ3v) is 6.40. The Morgan fingerprint density at radius 2 is 1.88 bits per heavy atom. The number of benzene rings is 2. The van der Waals surface area contributed by atoms with E-state index in [-0.39, 0.29) is 12.2 Å². The lowest BCUT2D eigenvalue weighted by molar-refractivity contribution is 0.264. The van der Waals surface area contributed by atoms with Crippen LogP contribution in [0.3, 0.4) is 0 Å². The number of aromatic nitrogens is 1. The lowest BCUT2D eigenvalue weighted by atomic mass is 10.0. The van der Waals surface area contributed by atoms with Gasteiger partial charge in [-0.1, -0.05) is 18.2 Å². The summed E-state index contributed by atoms with van der Waals surface area (Å²) in [5.41, 5.74) is 4.69.